The molecule has 0 aliphatic carbocycles. The minimum absolute atomic E-state index is 0.186. The summed E-state index contributed by atoms with van der Waals surface area (Å²) in [7, 11) is 0. The average Bonchev–Trinajstić information content (AvgIpc) is 2.59. The van der Waals surface area contributed by atoms with Gasteiger partial charge in [0.25, 0.3) is 5.91 Å². The number of para-hydroxylation sites is 1. The molecule has 1 amide bonds. The Balaban J connectivity index is 1.84. The lowest BCUT2D eigenvalue weighted by molar-refractivity contribution is -0.143. The van der Waals surface area contributed by atoms with E-state index in [-0.39, 0.29) is 19.1 Å². The molecule has 0 unspecified atom stereocenters. The van der Waals surface area contributed by atoms with Crippen LogP contribution in [0.15, 0.2) is 48.5 Å². The highest BCUT2D eigenvalue weighted by atomic mass is 16.5. The van der Waals surface area contributed by atoms with Gasteiger partial charge in [-0.1, -0.05) is 42.0 Å². The van der Waals surface area contributed by atoms with Gasteiger partial charge in [0.15, 0.2) is 0 Å². The SMILES string of the molecule is CCOc1ccccc1C(=O)NCC(=O)OCc1cccc(C)c1. The van der Waals surface area contributed by atoms with Crippen LogP contribution in [-0.4, -0.2) is 25.0 Å². The molecule has 0 saturated carbocycles. The Hall–Kier alpha value is -2.82. The Morgan fingerprint density at radius 2 is 1.88 bits per heavy atom. The molecule has 2 aromatic rings. The lowest BCUT2D eigenvalue weighted by Crippen LogP contribution is -2.30. The third kappa shape index (κ3) is 5.12. The molecule has 0 aliphatic heterocycles. The molecule has 5 heteroatoms. The van der Waals surface area contributed by atoms with E-state index in [1.807, 2.05) is 38.1 Å². The summed E-state index contributed by atoms with van der Waals surface area (Å²) < 4.78 is 10.6. The predicted octanol–water partition coefficient (Wildman–Crippen LogP) is 2.87. The fourth-order valence-electron chi connectivity index (χ4n) is 2.20. The molecule has 2 aromatic carbocycles. The molecule has 126 valence electrons. The second-order valence-electron chi connectivity index (χ2n) is 5.26. The first kappa shape index (κ1) is 17.5. The highest BCUT2D eigenvalue weighted by molar-refractivity contribution is 5.98. The summed E-state index contributed by atoms with van der Waals surface area (Å²) in [6, 6.07) is 14.6. The van der Waals surface area contributed by atoms with Crippen LogP contribution in [0.2, 0.25) is 0 Å². The van der Waals surface area contributed by atoms with Crippen molar-refractivity contribution in [3.8, 4) is 5.75 Å². The molecule has 0 aromatic heterocycles. The van der Waals surface area contributed by atoms with Crippen molar-refractivity contribution in [2.24, 2.45) is 0 Å². The first-order valence-corrected chi connectivity index (χ1v) is 7.81. The minimum atomic E-state index is -0.487. The maximum atomic E-state index is 12.2. The maximum Gasteiger partial charge on any atom is 0.325 e. The molecule has 2 rings (SSSR count). The third-order valence-corrected chi connectivity index (χ3v) is 3.31. The summed E-state index contributed by atoms with van der Waals surface area (Å²) in [4.78, 5) is 23.9. The molecular weight excluding hydrogens is 306 g/mol. The van der Waals surface area contributed by atoms with E-state index >= 15 is 0 Å². The van der Waals surface area contributed by atoms with Gasteiger partial charge in [-0.05, 0) is 31.5 Å². The van der Waals surface area contributed by atoms with Crippen molar-refractivity contribution in [1.29, 1.82) is 0 Å². The van der Waals surface area contributed by atoms with Gasteiger partial charge >= 0.3 is 5.97 Å². The van der Waals surface area contributed by atoms with Crippen LogP contribution >= 0.6 is 0 Å². The zero-order valence-corrected chi connectivity index (χ0v) is 13.9. The van der Waals surface area contributed by atoms with Crippen LogP contribution in [0.5, 0.6) is 5.75 Å². The normalized spacial score (nSPS) is 10.1. The van der Waals surface area contributed by atoms with Crippen molar-refractivity contribution < 1.29 is 19.1 Å². The average molecular weight is 327 g/mol. The van der Waals surface area contributed by atoms with Gasteiger partial charge in [-0.25, -0.2) is 0 Å². The monoisotopic (exact) mass is 327 g/mol. The van der Waals surface area contributed by atoms with E-state index in [2.05, 4.69) is 5.32 Å². The Morgan fingerprint density at radius 1 is 1.08 bits per heavy atom. The van der Waals surface area contributed by atoms with Crippen LogP contribution in [-0.2, 0) is 16.1 Å². The van der Waals surface area contributed by atoms with E-state index < -0.39 is 5.97 Å². The molecule has 0 aliphatic rings. The van der Waals surface area contributed by atoms with Crippen LogP contribution in [0.4, 0.5) is 0 Å². The molecule has 0 atom stereocenters. The maximum absolute atomic E-state index is 12.2. The van der Waals surface area contributed by atoms with Gasteiger partial charge < -0.3 is 14.8 Å². The Morgan fingerprint density at radius 3 is 2.62 bits per heavy atom. The lowest BCUT2D eigenvalue weighted by atomic mass is 10.1. The number of nitrogens with one attached hydrogen (secondary N) is 1. The molecule has 0 bridgehead atoms. The Bertz CT molecular complexity index is 712. The quantitative estimate of drug-likeness (QED) is 0.794. The van der Waals surface area contributed by atoms with Crippen LogP contribution in [0.1, 0.15) is 28.4 Å². The van der Waals surface area contributed by atoms with Gasteiger partial charge in [-0.2, -0.15) is 0 Å². The van der Waals surface area contributed by atoms with Gasteiger partial charge in [-0.15, -0.1) is 0 Å². The summed E-state index contributed by atoms with van der Waals surface area (Å²) in [6.45, 7) is 4.28. The number of benzene rings is 2. The van der Waals surface area contributed by atoms with Crippen LogP contribution in [0.25, 0.3) is 0 Å². The van der Waals surface area contributed by atoms with Crippen LogP contribution in [0.3, 0.4) is 0 Å². The number of rotatable bonds is 7. The summed E-state index contributed by atoms with van der Waals surface area (Å²) >= 11 is 0. The summed E-state index contributed by atoms with van der Waals surface area (Å²) in [5, 5.41) is 2.55. The molecule has 1 N–H and O–H groups in total. The highest BCUT2D eigenvalue weighted by Crippen LogP contribution is 2.17. The first-order chi connectivity index (χ1) is 11.6. The van der Waals surface area contributed by atoms with Gasteiger partial charge in [0.05, 0.1) is 12.2 Å². The zero-order chi connectivity index (χ0) is 17.4. The molecule has 0 saturated heterocycles. The molecule has 0 fully saturated rings. The van der Waals surface area contributed by atoms with Crippen molar-refractivity contribution in [3.63, 3.8) is 0 Å². The van der Waals surface area contributed by atoms with E-state index in [0.717, 1.165) is 11.1 Å². The van der Waals surface area contributed by atoms with Gasteiger partial charge in [0, 0.05) is 0 Å². The number of ether oxygens (including phenoxy) is 2. The minimum Gasteiger partial charge on any atom is -0.493 e. The van der Waals surface area contributed by atoms with Gasteiger partial charge in [0.2, 0.25) is 0 Å². The molecule has 0 radical (unpaired) electrons. The van der Waals surface area contributed by atoms with E-state index in [9.17, 15) is 9.59 Å². The van der Waals surface area contributed by atoms with E-state index in [0.29, 0.717) is 17.9 Å². The van der Waals surface area contributed by atoms with E-state index in [1.165, 1.54) is 0 Å². The summed E-state index contributed by atoms with van der Waals surface area (Å²) in [5.41, 5.74) is 2.41. The summed E-state index contributed by atoms with van der Waals surface area (Å²) in [6.07, 6.45) is 0. The molecule has 0 spiro atoms. The molecule has 5 nitrogen and oxygen atoms in total. The molecule has 24 heavy (non-hydrogen) atoms. The second-order valence-corrected chi connectivity index (χ2v) is 5.26. The van der Waals surface area contributed by atoms with Crippen molar-refractivity contribution in [2.75, 3.05) is 13.2 Å². The molecule has 0 heterocycles. The lowest BCUT2D eigenvalue weighted by Gasteiger charge is -2.10. The van der Waals surface area contributed by atoms with Gasteiger partial charge in [-0.3, -0.25) is 9.59 Å². The number of amides is 1. The van der Waals surface area contributed by atoms with Crippen molar-refractivity contribution in [1.82, 2.24) is 5.32 Å². The third-order valence-electron chi connectivity index (χ3n) is 3.31. The molecular formula is C19H21NO4. The van der Waals surface area contributed by atoms with E-state index in [4.69, 9.17) is 9.47 Å². The number of carbonyl (C=O) groups is 2. The predicted molar refractivity (Wildman–Crippen MR) is 90.9 cm³/mol. The Labute approximate surface area is 141 Å². The standard InChI is InChI=1S/C19H21NO4/c1-3-23-17-10-5-4-9-16(17)19(22)20-12-18(21)24-13-15-8-6-7-14(2)11-15/h4-11H,3,12-13H2,1-2H3,(H,20,22). The first-order valence-electron chi connectivity index (χ1n) is 7.81. The number of hydrogen-bond donors (Lipinski definition) is 1. The number of aryl methyl sites for hydroxylation is 1. The topological polar surface area (TPSA) is 64.6 Å². The van der Waals surface area contributed by atoms with Crippen LogP contribution in [0, 0.1) is 6.92 Å². The van der Waals surface area contributed by atoms with Gasteiger partial charge in [0.1, 0.15) is 18.9 Å². The van der Waals surface area contributed by atoms with Crippen molar-refractivity contribution in [3.05, 3.63) is 65.2 Å². The van der Waals surface area contributed by atoms with Crippen LogP contribution < -0.4 is 10.1 Å². The second kappa shape index (κ2) is 8.72. The smallest absolute Gasteiger partial charge is 0.325 e. The zero-order valence-electron chi connectivity index (χ0n) is 13.9. The largest absolute Gasteiger partial charge is 0.493 e. The van der Waals surface area contributed by atoms with Crippen molar-refractivity contribution >= 4 is 11.9 Å². The van der Waals surface area contributed by atoms with Crippen molar-refractivity contribution in [2.45, 2.75) is 20.5 Å². The fourth-order valence-corrected chi connectivity index (χ4v) is 2.20. The Kier molecular flexibility index (Phi) is 6.37. The summed E-state index contributed by atoms with van der Waals surface area (Å²) in [5.74, 6) is -0.365. The fraction of sp³-hybridized carbons (Fsp3) is 0.263. The van der Waals surface area contributed by atoms with E-state index in [1.54, 1.807) is 24.3 Å². The highest BCUT2D eigenvalue weighted by Gasteiger charge is 2.13. The number of esters is 1. The number of carbonyl (C=O) groups excluding carboxylic acids is 2. The number of hydrogen-bond acceptors (Lipinski definition) is 4.